The Morgan fingerprint density at radius 1 is 1.22 bits per heavy atom. The van der Waals surface area contributed by atoms with Gasteiger partial charge >= 0.3 is 0 Å². The van der Waals surface area contributed by atoms with Crippen LogP contribution in [0.3, 0.4) is 0 Å². The Morgan fingerprint density at radius 3 is 2.68 bits per heavy atom. The summed E-state index contributed by atoms with van der Waals surface area (Å²) >= 11 is 0. The zero-order valence-corrected chi connectivity index (χ0v) is 22.6. The van der Waals surface area contributed by atoms with E-state index in [1.165, 1.54) is 42.5 Å². The number of hydrogen-bond acceptors (Lipinski definition) is 6. The summed E-state index contributed by atoms with van der Waals surface area (Å²) in [5.74, 6) is 1.52. The first kappa shape index (κ1) is 24.4. The molecule has 6 rings (SSSR count). The molecule has 1 saturated carbocycles. The fourth-order valence-corrected chi connectivity index (χ4v) is 6.15. The third kappa shape index (κ3) is 4.40. The maximum absolute atomic E-state index is 5.63. The van der Waals surface area contributed by atoms with E-state index in [2.05, 4.69) is 54.1 Å². The minimum absolute atomic E-state index is 0.307. The lowest BCUT2D eigenvalue weighted by molar-refractivity contribution is -0.100. The predicted molar refractivity (Wildman–Crippen MR) is 145 cm³/mol. The number of pyridine rings is 2. The van der Waals surface area contributed by atoms with Crippen molar-refractivity contribution in [1.82, 2.24) is 29.9 Å². The average molecular weight is 503 g/mol. The highest BCUT2D eigenvalue weighted by molar-refractivity contribution is 5.89. The molecule has 4 aromatic rings. The molecule has 8 heteroatoms. The molecule has 0 atom stereocenters. The average Bonchev–Trinajstić information content (AvgIpc) is 3.50. The number of fused-ring (bicyclic) bond motifs is 2. The number of aromatic nitrogens is 5. The number of nitrogens with one attached hydrogen (secondary N) is 2. The van der Waals surface area contributed by atoms with Crippen LogP contribution in [0.5, 0.6) is 5.75 Å². The van der Waals surface area contributed by atoms with E-state index < -0.39 is 0 Å². The molecule has 1 saturated heterocycles. The minimum atomic E-state index is 0.307. The van der Waals surface area contributed by atoms with Crippen LogP contribution in [0.1, 0.15) is 75.1 Å². The number of nitrogens with zero attached hydrogens (tertiary/aromatic N) is 4. The molecule has 37 heavy (non-hydrogen) atoms. The molecule has 1 aliphatic carbocycles. The summed E-state index contributed by atoms with van der Waals surface area (Å²) < 4.78 is 12.8. The number of hydrogen-bond donors (Lipinski definition) is 2. The van der Waals surface area contributed by atoms with Gasteiger partial charge in [0.05, 0.1) is 37.1 Å². The molecule has 0 radical (unpaired) electrons. The SMILES string of the molecule is COc1cc(-c2[nH]c3cc(C)c(C4CCC(NCC5(C)COC5)CC4)nc3c2C(C)C)cn2ncnc12. The monoisotopic (exact) mass is 502 g/mol. The molecule has 0 aromatic carbocycles. The lowest BCUT2D eigenvalue weighted by Gasteiger charge is -2.40. The molecule has 2 fully saturated rings. The maximum atomic E-state index is 5.63. The molecule has 1 aliphatic heterocycles. The van der Waals surface area contributed by atoms with E-state index in [1.54, 1.807) is 18.0 Å². The molecule has 0 unspecified atom stereocenters. The standard InChI is InChI=1S/C29H38N6O2/c1-17(2)24-26(20-11-23(36-5)28-31-16-32-35(28)12-20)33-22-10-18(3)25(34-27(22)24)19-6-8-21(9-7-19)30-13-29(4)14-37-15-29/h10-12,16-17,19,21,30,33H,6-9,13-15H2,1-5H3. The lowest BCUT2D eigenvalue weighted by atomic mass is 9.81. The fourth-order valence-electron chi connectivity index (χ4n) is 6.15. The number of ether oxygens (including phenoxy) is 2. The molecule has 8 nitrogen and oxygen atoms in total. The van der Waals surface area contributed by atoms with Crippen LogP contribution in [0.15, 0.2) is 24.7 Å². The van der Waals surface area contributed by atoms with Gasteiger partial charge in [-0.25, -0.2) is 9.50 Å². The highest BCUT2D eigenvalue weighted by Gasteiger charge is 2.34. The second-order valence-corrected chi connectivity index (χ2v) is 11.7. The maximum Gasteiger partial charge on any atom is 0.197 e. The summed E-state index contributed by atoms with van der Waals surface area (Å²) in [6.07, 6.45) is 8.33. The van der Waals surface area contributed by atoms with Crippen molar-refractivity contribution in [2.24, 2.45) is 5.41 Å². The molecule has 4 aromatic heterocycles. The highest BCUT2D eigenvalue weighted by atomic mass is 16.5. The Labute approximate surface area is 218 Å². The van der Waals surface area contributed by atoms with Crippen LogP contribution >= 0.6 is 0 Å². The first-order valence-electron chi connectivity index (χ1n) is 13.6. The number of H-pyrrole nitrogens is 1. The largest absolute Gasteiger partial charge is 0.493 e. The van der Waals surface area contributed by atoms with Crippen molar-refractivity contribution in [1.29, 1.82) is 0 Å². The van der Waals surface area contributed by atoms with Crippen LogP contribution in [0.2, 0.25) is 0 Å². The smallest absolute Gasteiger partial charge is 0.197 e. The van der Waals surface area contributed by atoms with Gasteiger partial charge in [-0.05, 0) is 56.2 Å². The third-order valence-electron chi connectivity index (χ3n) is 8.30. The number of methoxy groups -OCH3 is 1. The molecule has 196 valence electrons. The summed E-state index contributed by atoms with van der Waals surface area (Å²) in [7, 11) is 1.67. The number of rotatable bonds is 7. The van der Waals surface area contributed by atoms with Crippen LogP contribution < -0.4 is 10.1 Å². The van der Waals surface area contributed by atoms with Gasteiger partial charge < -0.3 is 19.8 Å². The molecule has 0 spiro atoms. The Bertz CT molecular complexity index is 1430. The first-order valence-corrected chi connectivity index (χ1v) is 13.6. The van der Waals surface area contributed by atoms with E-state index in [4.69, 9.17) is 14.5 Å². The van der Waals surface area contributed by atoms with Crippen molar-refractivity contribution < 1.29 is 9.47 Å². The number of aromatic amines is 1. The van der Waals surface area contributed by atoms with Crippen LogP contribution in [0, 0.1) is 12.3 Å². The minimum Gasteiger partial charge on any atom is -0.493 e. The van der Waals surface area contributed by atoms with Crippen molar-refractivity contribution in [3.63, 3.8) is 0 Å². The Morgan fingerprint density at radius 2 is 2.00 bits per heavy atom. The third-order valence-corrected chi connectivity index (χ3v) is 8.30. The Hall–Kier alpha value is -2.97. The quantitative estimate of drug-likeness (QED) is 0.353. The van der Waals surface area contributed by atoms with E-state index in [0.717, 1.165) is 42.0 Å². The molecular formula is C29H38N6O2. The second kappa shape index (κ2) is 9.40. The number of aryl methyl sites for hydroxylation is 1. The summed E-state index contributed by atoms with van der Waals surface area (Å²) in [5.41, 5.74) is 9.08. The van der Waals surface area contributed by atoms with E-state index in [9.17, 15) is 0 Å². The second-order valence-electron chi connectivity index (χ2n) is 11.7. The molecule has 2 aliphatic rings. The van der Waals surface area contributed by atoms with E-state index in [0.29, 0.717) is 34.7 Å². The summed E-state index contributed by atoms with van der Waals surface area (Å²) in [6.45, 7) is 11.8. The molecule has 2 N–H and O–H groups in total. The van der Waals surface area contributed by atoms with Gasteiger partial charge in [0.2, 0.25) is 0 Å². The van der Waals surface area contributed by atoms with Gasteiger partial charge in [-0.15, -0.1) is 0 Å². The molecule has 5 heterocycles. The van der Waals surface area contributed by atoms with Gasteiger partial charge in [0.1, 0.15) is 6.33 Å². The molecule has 0 bridgehead atoms. The topological polar surface area (TPSA) is 89.4 Å². The Balaban J connectivity index is 1.30. The van der Waals surface area contributed by atoms with Gasteiger partial charge in [-0.2, -0.15) is 5.10 Å². The lowest BCUT2D eigenvalue weighted by Crippen LogP contribution is -2.50. The summed E-state index contributed by atoms with van der Waals surface area (Å²) in [4.78, 5) is 13.4. The fraction of sp³-hybridized carbons (Fsp3) is 0.552. The Kier molecular flexibility index (Phi) is 6.19. The van der Waals surface area contributed by atoms with Crippen LogP contribution in [-0.4, -0.2) is 57.5 Å². The van der Waals surface area contributed by atoms with Gasteiger partial charge in [0.15, 0.2) is 11.4 Å². The van der Waals surface area contributed by atoms with Crippen LogP contribution in [-0.2, 0) is 4.74 Å². The van der Waals surface area contributed by atoms with Crippen LogP contribution in [0.4, 0.5) is 0 Å². The predicted octanol–water partition coefficient (Wildman–Crippen LogP) is 5.37. The zero-order chi connectivity index (χ0) is 25.7. The van der Waals surface area contributed by atoms with Crippen molar-refractivity contribution in [2.45, 2.75) is 71.3 Å². The molecular weight excluding hydrogens is 464 g/mol. The van der Waals surface area contributed by atoms with Crippen molar-refractivity contribution in [3.8, 4) is 17.0 Å². The van der Waals surface area contributed by atoms with Gasteiger partial charge in [-0.3, -0.25) is 4.98 Å². The van der Waals surface area contributed by atoms with Crippen LogP contribution in [0.25, 0.3) is 27.9 Å². The normalized spacial score (nSPS) is 21.6. The van der Waals surface area contributed by atoms with Gasteiger partial charge in [0, 0.05) is 46.9 Å². The van der Waals surface area contributed by atoms with Crippen molar-refractivity contribution in [3.05, 3.63) is 41.5 Å². The van der Waals surface area contributed by atoms with E-state index in [1.807, 2.05) is 12.3 Å². The highest BCUT2D eigenvalue weighted by Crippen LogP contribution is 2.40. The van der Waals surface area contributed by atoms with E-state index in [-0.39, 0.29) is 0 Å². The van der Waals surface area contributed by atoms with Gasteiger partial charge in [-0.1, -0.05) is 20.8 Å². The van der Waals surface area contributed by atoms with E-state index >= 15 is 0 Å². The first-order chi connectivity index (χ1) is 17.8. The zero-order valence-electron chi connectivity index (χ0n) is 22.6. The summed E-state index contributed by atoms with van der Waals surface area (Å²) in [5, 5.41) is 8.18. The molecule has 0 amide bonds. The summed E-state index contributed by atoms with van der Waals surface area (Å²) in [6, 6.07) is 4.93. The van der Waals surface area contributed by atoms with Crippen molar-refractivity contribution >= 4 is 16.7 Å². The van der Waals surface area contributed by atoms with Crippen molar-refractivity contribution in [2.75, 3.05) is 26.9 Å². The van der Waals surface area contributed by atoms with Gasteiger partial charge in [0.25, 0.3) is 0 Å².